The van der Waals surface area contributed by atoms with Gasteiger partial charge in [0, 0.05) is 0 Å². The fraction of sp³-hybridized carbons (Fsp3) is 1.00. The third kappa shape index (κ3) is 5.18. The summed E-state index contributed by atoms with van der Waals surface area (Å²) in [5, 5.41) is 17.8. The van der Waals surface area contributed by atoms with E-state index in [1.807, 2.05) is 0 Å². The van der Waals surface area contributed by atoms with E-state index >= 15 is 0 Å². The lowest BCUT2D eigenvalue weighted by molar-refractivity contribution is -0.893. The highest BCUT2D eigenvalue weighted by Gasteiger charge is 2.18. The van der Waals surface area contributed by atoms with Gasteiger partial charge in [0.1, 0.15) is 12.6 Å². The second kappa shape index (κ2) is 4.70. The molecule has 0 spiro atoms. The maximum Gasteiger partial charge on any atom is 0.126 e. The van der Waals surface area contributed by atoms with Crippen molar-refractivity contribution in [3.8, 4) is 0 Å². The second-order valence-corrected chi connectivity index (χ2v) is 3.68. The van der Waals surface area contributed by atoms with Gasteiger partial charge in [0.05, 0.1) is 27.2 Å². The molecule has 0 aromatic carbocycles. The van der Waals surface area contributed by atoms with E-state index in [1.165, 1.54) is 0 Å². The number of hydrogen-bond acceptors (Lipinski definition) is 2. The van der Waals surface area contributed by atoms with Crippen molar-refractivity contribution in [3.63, 3.8) is 0 Å². The highest BCUT2D eigenvalue weighted by molar-refractivity contribution is 4.49. The molecule has 11 heavy (non-hydrogen) atoms. The fourth-order valence-corrected chi connectivity index (χ4v) is 1.32. The van der Waals surface area contributed by atoms with Gasteiger partial charge in [0.25, 0.3) is 0 Å². The summed E-state index contributed by atoms with van der Waals surface area (Å²) in [5.74, 6) is 0. The number of hydrogen-bond donors (Lipinski definition) is 2. The van der Waals surface area contributed by atoms with Gasteiger partial charge in [-0.15, -0.1) is 0 Å². The smallest absolute Gasteiger partial charge is 0.126 e. The van der Waals surface area contributed by atoms with Crippen LogP contribution in [0, 0.1) is 0 Å². The molecule has 1 unspecified atom stereocenters. The first kappa shape index (κ1) is 10.9. The van der Waals surface area contributed by atoms with Crippen LogP contribution in [-0.4, -0.2) is 54.6 Å². The van der Waals surface area contributed by atoms with Gasteiger partial charge in [-0.3, -0.25) is 0 Å². The fourth-order valence-electron chi connectivity index (χ4n) is 1.32. The lowest BCUT2D eigenvalue weighted by atomic mass is 10.3. The summed E-state index contributed by atoms with van der Waals surface area (Å²) in [4.78, 5) is 0. The van der Waals surface area contributed by atoms with Crippen LogP contribution in [0.15, 0.2) is 0 Å². The van der Waals surface area contributed by atoms with Crippen LogP contribution in [0.25, 0.3) is 0 Å². The molecular weight excluding hydrogens is 142 g/mol. The molecule has 68 valence electrons. The molecular formula is C8H20NO2+. The van der Waals surface area contributed by atoms with Crippen molar-refractivity contribution in [1.29, 1.82) is 0 Å². The van der Waals surface area contributed by atoms with Gasteiger partial charge < -0.3 is 14.7 Å². The SMILES string of the molecule is CCC[N+](C)(C)CC(O)CO. The molecule has 1 atom stereocenters. The monoisotopic (exact) mass is 162 g/mol. The molecule has 2 N–H and O–H groups in total. The highest BCUT2D eigenvalue weighted by Crippen LogP contribution is 2.00. The summed E-state index contributed by atoms with van der Waals surface area (Å²) in [5.41, 5.74) is 0. The number of aliphatic hydroxyl groups is 2. The average Bonchev–Trinajstić information content (AvgIpc) is 1.86. The Hall–Kier alpha value is -0.120. The Kier molecular flexibility index (Phi) is 4.65. The summed E-state index contributed by atoms with van der Waals surface area (Å²) >= 11 is 0. The Morgan fingerprint density at radius 3 is 2.27 bits per heavy atom. The number of likely N-dealkylation sites (N-methyl/N-ethyl adjacent to an activating group) is 1. The maximum absolute atomic E-state index is 9.15. The quantitative estimate of drug-likeness (QED) is 0.551. The van der Waals surface area contributed by atoms with Gasteiger partial charge in [-0.1, -0.05) is 6.92 Å². The third-order valence-corrected chi connectivity index (χ3v) is 1.74. The molecule has 0 aromatic heterocycles. The molecule has 0 heterocycles. The summed E-state index contributed by atoms with van der Waals surface area (Å²) in [6.45, 7) is 3.65. The van der Waals surface area contributed by atoms with E-state index in [9.17, 15) is 0 Å². The first-order valence-corrected chi connectivity index (χ1v) is 4.12. The van der Waals surface area contributed by atoms with E-state index in [2.05, 4.69) is 21.0 Å². The van der Waals surface area contributed by atoms with E-state index in [0.29, 0.717) is 6.54 Å². The molecule has 0 aliphatic rings. The Balaban J connectivity index is 3.70. The molecule has 0 rings (SSSR count). The zero-order valence-electron chi connectivity index (χ0n) is 7.75. The summed E-state index contributed by atoms with van der Waals surface area (Å²) in [7, 11) is 4.12. The average molecular weight is 162 g/mol. The standard InChI is InChI=1S/C8H20NO2/c1-4-5-9(2,3)6-8(11)7-10/h8,10-11H,4-7H2,1-3H3/q+1. The first-order chi connectivity index (χ1) is 5.02. The minimum Gasteiger partial charge on any atom is -0.393 e. The molecule has 0 aromatic rings. The van der Waals surface area contributed by atoms with Crippen LogP contribution in [0.1, 0.15) is 13.3 Å². The molecule has 0 saturated carbocycles. The second-order valence-electron chi connectivity index (χ2n) is 3.68. The highest BCUT2D eigenvalue weighted by atomic mass is 16.3. The van der Waals surface area contributed by atoms with Crippen LogP contribution >= 0.6 is 0 Å². The van der Waals surface area contributed by atoms with Crippen molar-refractivity contribution in [2.75, 3.05) is 33.8 Å². The van der Waals surface area contributed by atoms with Crippen molar-refractivity contribution in [2.45, 2.75) is 19.4 Å². The Bertz CT molecular complexity index is 104. The van der Waals surface area contributed by atoms with E-state index in [-0.39, 0.29) is 6.61 Å². The minimum absolute atomic E-state index is 0.134. The summed E-state index contributed by atoms with van der Waals surface area (Å²) < 4.78 is 0.776. The zero-order valence-corrected chi connectivity index (χ0v) is 7.75. The summed E-state index contributed by atoms with van der Waals surface area (Å²) in [6, 6.07) is 0. The Morgan fingerprint density at radius 2 is 1.91 bits per heavy atom. The van der Waals surface area contributed by atoms with Gasteiger partial charge in [-0.05, 0) is 6.42 Å². The Labute approximate surface area is 68.9 Å². The van der Waals surface area contributed by atoms with Crippen molar-refractivity contribution in [3.05, 3.63) is 0 Å². The molecule has 0 fully saturated rings. The third-order valence-electron chi connectivity index (χ3n) is 1.74. The van der Waals surface area contributed by atoms with Crippen molar-refractivity contribution < 1.29 is 14.7 Å². The predicted molar refractivity (Wildman–Crippen MR) is 45.2 cm³/mol. The van der Waals surface area contributed by atoms with Crippen molar-refractivity contribution in [2.24, 2.45) is 0 Å². The van der Waals surface area contributed by atoms with Gasteiger partial charge in [-0.25, -0.2) is 0 Å². The lowest BCUT2D eigenvalue weighted by Gasteiger charge is -2.30. The number of rotatable bonds is 5. The van der Waals surface area contributed by atoms with Gasteiger partial charge >= 0.3 is 0 Å². The molecule has 0 amide bonds. The number of nitrogens with zero attached hydrogens (tertiary/aromatic N) is 1. The van der Waals surface area contributed by atoms with Crippen molar-refractivity contribution >= 4 is 0 Å². The minimum atomic E-state index is -0.573. The maximum atomic E-state index is 9.15. The molecule has 0 aliphatic carbocycles. The van der Waals surface area contributed by atoms with Crippen molar-refractivity contribution in [1.82, 2.24) is 0 Å². The molecule has 3 nitrogen and oxygen atoms in total. The Morgan fingerprint density at radius 1 is 1.36 bits per heavy atom. The van der Waals surface area contributed by atoms with Crippen LogP contribution in [-0.2, 0) is 0 Å². The molecule has 0 radical (unpaired) electrons. The van der Waals surface area contributed by atoms with Gasteiger partial charge in [0.2, 0.25) is 0 Å². The van der Waals surface area contributed by atoms with E-state index < -0.39 is 6.10 Å². The molecule has 0 aliphatic heterocycles. The van der Waals surface area contributed by atoms with Crippen LogP contribution < -0.4 is 0 Å². The predicted octanol–water partition coefficient (Wildman–Crippen LogP) is -0.174. The van der Waals surface area contributed by atoms with Gasteiger partial charge in [-0.2, -0.15) is 0 Å². The van der Waals surface area contributed by atoms with Crippen LogP contribution in [0.5, 0.6) is 0 Å². The van der Waals surface area contributed by atoms with Gasteiger partial charge in [0.15, 0.2) is 0 Å². The zero-order chi connectivity index (χ0) is 8.91. The van der Waals surface area contributed by atoms with E-state index in [1.54, 1.807) is 0 Å². The topological polar surface area (TPSA) is 40.5 Å². The number of aliphatic hydroxyl groups excluding tert-OH is 2. The molecule has 0 bridgehead atoms. The number of quaternary nitrogens is 1. The molecule has 3 heteroatoms. The normalized spacial score (nSPS) is 15.0. The summed E-state index contributed by atoms with van der Waals surface area (Å²) in [6.07, 6.45) is 0.530. The lowest BCUT2D eigenvalue weighted by Crippen LogP contribution is -2.46. The van der Waals surface area contributed by atoms with Crippen LogP contribution in [0.4, 0.5) is 0 Å². The van der Waals surface area contributed by atoms with Crippen LogP contribution in [0.3, 0.4) is 0 Å². The first-order valence-electron chi connectivity index (χ1n) is 4.12. The van der Waals surface area contributed by atoms with E-state index in [4.69, 9.17) is 10.2 Å². The molecule has 0 saturated heterocycles. The largest absolute Gasteiger partial charge is 0.393 e. The van der Waals surface area contributed by atoms with Crippen LogP contribution in [0.2, 0.25) is 0 Å². The van der Waals surface area contributed by atoms with E-state index in [0.717, 1.165) is 17.4 Å².